The van der Waals surface area contributed by atoms with Crippen LogP contribution in [0.1, 0.15) is 52.2 Å². The lowest BCUT2D eigenvalue weighted by atomic mass is 9.99. The van der Waals surface area contributed by atoms with Gasteiger partial charge in [0, 0.05) is 4.47 Å². The highest BCUT2D eigenvalue weighted by Gasteiger charge is 2.20. The minimum atomic E-state index is -0.231. The van der Waals surface area contributed by atoms with Crippen LogP contribution in [0.2, 0.25) is 0 Å². The molecular weight excluding hydrogens is 307 g/mol. The highest BCUT2D eigenvalue weighted by molar-refractivity contribution is 9.10. The fraction of sp³-hybridized carbons (Fsp3) is 0.500. The molecule has 3 heteroatoms. The van der Waals surface area contributed by atoms with E-state index in [0.717, 1.165) is 28.5 Å². The lowest BCUT2D eigenvalue weighted by Crippen LogP contribution is -2.13. The summed E-state index contributed by atoms with van der Waals surface area (Å²) in [6, 6.07) is 4.72. The largest absolute Gasteiger partial charge is 0.369 e. The highest BCUT2D eigenvalue weighted by atomic mass is 79.9. The van der Waals surface area contributed by atoms with Crippen molar-refractivity contribution in [3.05, 3.63) is 46.2 Å². The number of hydrogen-bond donors (Lipinski definition) is 0. The second kappa shape index (κ2) is 10.2. The molecule has 19 heavy (non-hydrogen) atoms. The third kappa shape index (κ3) is 5.87. The molecular formula is C16H24BrFO. The average molecular weight is 331 g/mol. The van der Waals surface area contributed by atoms with Crippen molar-refractivity contribution in [2.45, 2.75) is 46.6 Å². The van der Waals surface area contributed by atoms with Crippen LogP contribution in [0.15, 0.2) is 34.8 Å². The molecule has 0 aliphatic carbocycles. The predicted molar refractivity (Wildman–Crippen MR) is 83.9 cm³/mol. The molecule has 1 fully saturated rings. The van der Waals surface area contributed by atoms with Gasteiger partial charge in [-0.15, -0.1) is 0 Å². The fourth-order valence-electron chi connectivity index (χ4n) is 1.72. The standard InChI is InChI=1S/C12H12BrFO.2C2H6/c1-8-2-5-12(15-7-8)10-4-3-9(14)6-11(10)13;2*1-2/h3-4,6,12H,1-2,5,7H2;2*1-2H3. The predicted octanol–water partition coefficient (Wildman–Crippen LogP) is 6.05. The highest BCUT2D eigenvalue weighted by Crippen LogP contribution is 2.34. The zero-order chi connectivity index (χ0) is 14.8. The van der Waals surface area contributed by atoms with Gasteiger partial charge >= 0.3 is 0 Å². The Balaban J connectivity index is 0.000000741. The molecule has 0 bridgehead atoms. The second-order valence-corrected chi connectivity index (χ2v) is 4.61. The minimum absolute atomic E-state index is 0.0606. The van der Waals surface area contributed by atoms with Crippen LogP contribution in [0.5, 0.6) is 0 Å². The summed E-state index contributed by atoms with van der Waals surface area (Å²) in [7, 11) is 0. The van der Waals surface area contributed by atoms with Gasteiger partial charge in [0.1, 0.15) is 5.82 Å². The molecule has 1 aromatic carbocycles. The third-order valence-corrected chi connectivity index (χ3v) is 3.24. The first kappa shape index (κ1) is 18.3. The second-order valence-electron chi connectivity index (χ2n) is 3.75. The van der Waals surface area contributed by atoms with Crippen LogP contribution in [0.3, 0.4) is 0 Å². The van der Waals surface area contributed by atoms with E-state index in [4.69, 9.17) is 4.74 Å². The van der Waals surface area contributed by atoms with Gasteiger partial charge in [0.05, 0.1) is 12.7 Å². The Hall–Kier alpha value is -0.670. The Morgan fingerprint density at radius 1 is 1.26 bits per heavy atom. The van der Waals surface area contributed by atoms with Crippen molar-refractivity contribution >= 4 is 15.9 Å². The van der Waals surface area contributed by atoms with Crippen LogP contribution in [0.4, 0.5) is 4.39 Å². The smallest absolute Gasteiger partial charge is 0.124 e. The lowest BCUT2D eigenvalue weighted by molar-refractivity contribution is 0.0415. The molecule has 0 aromatic heterocycles. The average Bonchev–Trinajstić information content (AvgIpc) is 2.45. The molecule has 0 N–H and O–H groups in total. The number of benzene rings is 1. The number of hydrogen-bond acceptors (Lipinski definition) is 1. The Kier molecular flexibility index (Phi) is 9.80. The van der Waals surface area contributed by atoms with Crippen molar-refractivity contribution in [2.75, 3.05) is 6.61 Å². The van der Waals surface area contributed by atoms with E-state index < -0.39 is 0 Å². The molecule has 1 aromatic rings. The molecule has 1 aliphatic rings. The van der Waals surface area contributed by atoms with Gasteiger partial charge in [-0.3, -0.25) is 0 Å². The van der Waals surface area contributed by atoms with Crippen LogP contribution >= 0.6 is 15.9 Å². The van der Waals surface area contributed by atoms with E-state index in [2.05, 4.69) is 22.5 Å². The molecule has 1 atom stereocenters. The van der Waals surface area contributed by atoms with Crippen molar-refractivity contribution < 1.29 is 9.13 Å². The van der Waals surface area contributed by atoms with E-state index in [-0.39, 0.29) is 11.9 Å². The molecule has 0 radical (unpaired) electrons. The van der Waals surface area contributed by atoms with Crippen LogP contribution in [-0.2, 0) is 4.74 Å². The SMILES string of the molecule is C=C1CCC(c2ccc(F)cc2Br)OC1.CC.CC. The Bertz CT molecular complexity index is 380. The van der Waals surface area contributed by atoms with E-state index in [1.807, 2.05) is 27.7 Å². The summed E-state index contributed by atoms with van der Waals surface area (Å²) in [5.74, 6) is -0.231. The molecule has 108 valence electrons. The van der Waals surface area contributed by atoms with E-state index >= 15 is 0 Å². The first-order chi connectivity index (χ1) is 9.16. The normalized spacial score (nSPS) is 17.8. The maximum Gasteiger partial charge on any atom is 0.124 e. The maximum atomic E-state index is 12.9. The monoisotopic (exact) mass is 330 g/mol. The van der Waals surface area contributed by atoms with Gasteiger partial charge in [-0.25, -0.2) is 4.39 Å². The van der Waals surface area contributed by atoms with Crippen molar-refractivity contribution in [3.63, 3.8) is 0 Å². The van der Waals surface area contributed by atoms with Crippen molar-refractivity contribution in [1.82, 2.24) is 0 Å². The van der Waals surface area contributed by atoms with Gasteiger partial charge in [-0.1, -0.05) is 61.8 Å². The van der Waals surface area contributed by atoms with Gasteiger partial charge in [-0.05, 0) is 30.5 Å². The van der Waals surface area contributed by atoms with Gasteiger partial charge in [0.2, 0.25) is 0 Å². The Morgan fingerprint density at radius 2 is 1.89 bits per heavy atom. The van der Waals surface area contributed by atoms with Crippen molar-refractivity contribution in [1.29, 1.82) is 0 Å². The molecule has 0 saturated carbocycles. The van der Waals surface area contributed by atoms with Crippen LogP contribution in [0, 0.1) is 5.82 Å². The zero-order valence-electron chi connectivity index (χ0n) is 12.3. The summed E-state index contributed by atoms with van der Waals surface area (Å²) < 4.78 is 19.3. The molecule has 1 unspecified atom stereocenters. The summed E-state index contributed by atoms with van der Waals surface area (Å²) >= 11 is 3.36. The first-order valence-electron chi connectivity index (χ1n) is 6.90. The van der Waals surface area contributed by atoms with Gasteiger partial charge < -0.3 is 4.74 Å². The van der Waals surface area contributed by atoms with Crippen LogP contribution in [-0.4, -0.2) is 6.61 Å². The topological polar surface area (TPSA) is 9.23 Å². The molecule has 0 spiro atoms. The number of halogens is 2. The molecule has 1 aliphatic heterocycles. The lowest BCUT2D eigenvalue weighted by Gasteiger charge is -2.25. The first-order valence-corrected chi connectivity index (χ1v) is 7.69. The Morgan fingerprint density at radius 3 is 2.37 bits per heavy atom. The van der Waals surface area contributed by atoms with Crippen LogP contribution in [0.25, 0.3) is 0 Å². The molecule has 0 amide bonds. The summed E-state index contributed by atoms with van der Waals surface area (Å²) in [5.41, 5.74) is 2.15. The quantitative estimate of drug-likeness (QED) is 0.569. The van der Waals surface area contributed by atoms with Crippen molar-refractivity contribution in [2.24, 2.45) is 0 Å². The Labute approximate surface area is 125 Å². The van der Waals surface area contributed by atoms with E-state index in [1.54, 1.807) is 6.07 Å². The number of rotatable bonds is 1. The molecule has 1 saturated heterocycles. The molecule has 1 heterocycles. The maximum absolute atomic E-state index is 12.9. The van der Waals surface area contributed by atoms with E-state index in [0.29, 0.717) is 6.61 Å². The molecule has 1 nitrogen and oxygen atoms in total. The minimum Gasteiger partial charge on any atom is -0.369 e. The fourth-order valence-corrected chi connectivity index (χ4v) is 2.32. The summed E-state index contributed by atoms with van der Waals surface area (Å²) in [6.07, 6.45) is 1.96. The van der Waals surface area contributed by atoms with Gasteiger partial charge in [0.15, 0.2) is 0 Å². The molecule has 2 rings (SSSR count). The summed E-state index contributed by atoms with van der Waals surface area (Å²) in [5, 5.41) is 0. The summed E-state index contributed by atoms with van der Waals surface area (Å²) in [6.45, 7) is 12.5. The van der Waals surface area contributed by atoms with E-state index in [1.165, 1.54) is 12.1 Å². The van der Waals surface area contributed by atoms with Gasteiger partial charge in [-0.2, -0.15) is 0 Å². The zero-order valence-corrected chi connectivity index (χ0v) is 13.9. The van der Waals surface area contributed by atoms with E-state index in [9.17, 15) is 4.39 Å². The third-order valence-electron chi connectivity index (χ3n) is 2.56. The van der Waals surface area contributed by atoms with Crippen molar-refractivity contribution in [3.8, 4) is 0 Å². The summed E-state index contributed by atoms with van der Waals surface area (Å²) in [4.78, 5) is 0. The van der Waals surface area contributed by atoms with Crippen LogP contribution < -0.4 is 0 Å². The number of ether oxygens (including phenoxy) is 1. The van der Waals surface area contributed by atoms with Gasteiger partial charge in [0.25, 0.3) is 0 Å².